The van der Waals surface area contributed by atoms with E-state index in [9.17, 15) is 0 Å². The lowest BCUT2D eigenvalue weighted by molar-refractivity contribution is 0.211. The van der Waals surface area contributed by atoms with Crippen LogP contribution in [0.3, 0.4) is 0 Å². The van der Waals surface area contributed by atoms with Gasteiger partial charge in [-0.2, -0.15) is 0 Å². The number of piperidine rings is 1. The first kappa shape index (κ1) is 10.2. The minimum Gasteiger partial charge on any atom is -0.381 e. The van der Waals surface area contributed by atoms with Crippen molar-refractivity contribution in [2.24, 2.45) is 0 Å². The summed E-state index contributed by atoms with van der Waals surface area (Å²) in [7, 11) is 0. The van der Waals surface area contributed by atoms with E-state index in [4.69, 9.17) is 0 Å². The lowest BCUT2D eigenvalue weighted by Gasteiger charge is -2.34. The molecular formula is C14H20N2. The van der Waals surface area contributed by atoms with Crippen molar-refractivity contribution in [3.63, 3.8) is 0 Å². The summed E-state index contributed by atoms with van der Waals surface area (Å²) in [6, 6.07) is 7.51. The van der Waals surface area contributed by atoms with Crippen molar-refractivity contribution in [1.29, 1.82) is 0 Å². The van der Waals surface area contributed by atoms with Crippen molar-refractivity contribution in [3.05, 3.63) is 29.3 Å². The molecule has 16 heavy (non-hydrogen) atoms. The van der Waals surface area contributed by atoms with Crippen molar-refractivity contribution >= 4 is 5.69 Å². The largest absolute Gasteiger partial charge is 0.381 e. The number of benzene rings is 1. The van der Waals surface area contributed by atoms with Crippen molar-refractivity contribution in [3.8, 4) is 0 Å². The molecule has 0 aliphatic carbocycles. The lowest BCUT2D eigenvalue weighted by Crippen LogP contribution is -2.41. The topological polar surface area (TPSA) is 15.3 Å². The van der Waals surface area contributed by atoms with Gasteiger partial charge in [0.25, 0.3) is 0 Å². The second kappa shape index (κ2) is 3.77. The maximum atomic E-state index is 3.68. The number of likely N-dealkylation sites (N-methyl/N-ethyl adjacent to an activating group) is 1. The molecule has 2 atom stereocenters. The molecule has 2 aliphatic heterocycles. The normalized spacial score (nSPS) is 28.4. The van der Waals surface area contributed by atoms with E-state index < -0.39 is 0 Å². The fraction of sp³-hybridized carbons (Fsp3) is 0.571. The Labute approximate surface area is 97.6 Å². The molecule has 0 aromatic heterocycles. The molecule has 2 nitrogen and oxygen atoms in total. The van der Waals surface area contributed by atoms with E-state index in [0.717, 1.165) is 0 Å². The highest BCUT2D eigenvalue weighted by Crippen LogP contribution is 2.40. The first-order valence-electron chi connectivity index (χ1n) is 6.37. The summed E-state index contributed by atoms with van der Waals surface area (Å²) in [6.45, 7) is 8.11. The number of aryl methyl sites for hydroxylation is 1. The number of fused-ring (bicyclic) bond motifs is 3. The average molecular weight is 216 g/mol. The van der Waals surface area contributed by atoms with Crippen LogP contribution in [0.1, 0.15) is 30.4 Å². The van der Waals surface area contributed by atoms with Crippen LogP contribution >= 0.6 is 0 Å². The number of nitrogens with one attached hydrogen (secondary N) is 1. The molecule has 0 unspecified atom stereocenters. The zero-order valence-corrected chi connectivity index (χ0v) is 10.2. The Kier molecular flexibility index (Phi) is 2.40. The number of rotatable bonds is 1. The molecule has 86 valence electrons. The van der Waals surface area contributed by atoms with E-state index >= 15 is 0 Å². The molecule has 3 rings (SSSR count). The van der Waals surface area contributed by atoms with Gasteiger partial charge in [0.1, 0.15) is 0 Å². The highest BCUT2D eigenvalue weighted by atomic mass is 15.2. The number of nitrogens with zero attached hydrogens (tertiary/aromatic N) is 1. The Morgan fingerprint density at radius 1 is 1.44 bits per heavy atom. The van der Waals surface area contributed by atoms with Gasteiger partial charge in [-0.25, -0.2) is 0 Å². The Morgan fingerprint density at radius 3 is 3.12 bits per heavy atom. The van der Waals surface area contributed by atoms with Crippen LogP contribution in [0.5, 0.6) is 0 Å². The summed E-state index contributed by atoms with van der Waals surface area (Å²) in [4.78, 5) is 2.57. The molecule has 2 heterocycles. The molecule has 1 aromatic rings. The van der Waals surface area contributed by atoms with Crippen molar-refractivity contribution in [2.75, 3.05) is 25.0 Å². The summed E-state index contributed by atoms with van der Waals surface area (Å²) in [6.07, 6.45) is 1.28. The molecule has 2 heteroatoms. The second-order valence-corrected chi connectivity index (χ2v) is 5.13. The van der Waals surface area contributed by atoms with Gasteiger partial charge in [-0.1, -0.05) is 24.6 Å². The standard InChI is InChI=1S/C14H20N2/c1-3-16-7-6-14-12(9-16)11-8-10(2)4-5-13(11)15-14/h4-5,8,12,14-15H,3,6-7,9H2,1-2H3/t12-,14-/m0/s1. The van der Waals surface area contributed by atoms with Crippen LogP contribution in [-0.4, -0.2) is 30.6 Å². The predicted molar refractivity (Wildman–Crippen MR) is 68.1 cm³/mol. The van der Waals surface area contributed by atoms with Gasteiger partial charge < -0.3 is 10.2 Å². The summed E-state index contributed by atoms with van der Waals surface area (Å²) < 4.78 is 0. The Balaban J connectivity index is 1.92. The zero-order valence-electron chi connectivity index (χ0n) is 10.2. The van der Waals surface area contributed by atoms with E-state index in [0.29, 0.717) is 12.0 Å². The maximum Gasteiger partial charge on any atom is 0.0379 e. The molecule has 1 aromatic carbocycles. The minimum absolute atomic E-state index is 0.680. The van der Waals surface area contributed by atoms with Crippen molar-refractivity contribution in [1.82, 2.24) is 4.90 Å². The highest BCUT2D eigenvalue weighted by Gasteiger charge is 2.35. The number of likely N-dealkylation sites (tertiary alicyclic amines) is 1. The quantitative estimate of drug-likeness (QED) is 0.776. The molecule has 0 bridgehead atoms. The van der Waals surface area contributed by atoms with Crippen LogP contribution in [0.4, 0.5) is 5.69 Å². The van der Waals surface area contributed by atoms with Gasteiger partial charge in [-0.05, 0) is 31.5 Å². The molecule has 0 spiro atoms. The van der Waals surface area contributed by atoms with Gasteiger partial charge in [0.2, 0.25) is 0 Å². The molecule has 1 fully saturated rings. The molecule has 2 aliphatic rings. The van der Waals surface area contributed by atoms with E-state index in [1.54, 1.807) is 5.56 Å². The summed E-state index contributed by atoms with van der Waals surface area (Å²) >= 11 is 0. The number of hydrogen-bond donors (Lipinski definition) is 1. The summed E-state index contributed by atoms with van der Waals surface area (Å²) in [5, 5.41) is 3.68. The van der Waals surface area contributed by atoms with Crippen LogP contribution in [0, 0.1) is 6.92 Å². The zero-order chi connectivity index (χ0) is 11.1. The monoisotopic (exact) mass is 216 g/mol. The summed E-state index contributed by atoms with van der Waals surface area (Å²) in [5.41, 5.74) is 4.30. The van der Waals surface area contributed by atoms with E-state index in [-0.39, 0.29) is 0 Å². The van der Waals surface area contributed by atoms with Crippen molar-refractivity contribution in [2.45, 2.75) is 32.2 Å². The fourth-order valence-corrected chi connectivity index (χ4v) is 3.11. The van der Waals surface area contributed by atoms with Gasteiger partial charge in [-0.15, -0.1) is 0 Å². The van der Waals surface area contributed by atoms with Crippen molar-refractivity contribution < 1.29 is 0 Å². The number of hydrogen-bond acceptors (Lipinski definition) is 2. The fourth-order valence-electron chi connectivity index (χ4n) is 3.11. The number of anilines is 1. The molecule has 0 amide bonds. The summed E-state index contributed by atoms with van der Waals surface area (Å²) in [5.74, 6) is 0.712. The van der Waals surface area contributed by atoms with Gasteiger partial charge >= 0.3 is 0 Å². The highest BCUT2D eigenvalue weighted by molar-refractivity contribution is 5.60. The minimum atomic E-state index is 0.680. The molecule has 1 saturated heterocycles. The van der Waals surface area contributed by atoms with Crippen LogP contribution in [0.25, 0.3) is 0 Å². The average Bonchev–Trinajstić information content (AvgIpc) is 2.66. The van der Waals surface area contributed by atoms with E-state index in [1.165, 1.54) is 37.3 Å². The maximum absolute atomic E-state index is 3.68. The second-order valence-electron chi connectivity index (χ2n) is 5.13. The Hall–Kier alpha value is -1.02. The van der Waals surface area contributed by atoms with Gasteiger partial charge in [0.05, 0.1) is 0 Å². The SMILES string of the molecule is CCN1CC[C@@H]2Nc3ccc(C)cc3[C@@H]2C1. The lowest BCUT2D eigenvalue weighted by atomic mass is 9.89. The van der Waals surface area contributed by atoms with Gasteiger partial charge in [0.15, 0.2) is 0 Å². The smallest absolute Gasteiger partial charge is 0.0379 e. The van der Waals surface area contributed by atoms with Crippen LogP contribution < -0.4 is 5.32 Å². The van der Waals surface area contributed by atoms with E-state index in [1.807, 2.05) is 0 Å². The molecular weight excluding hydrogens is 196 g/mol. The predicted octanol–water partition coefficient (Wildman–Crippen LogP) is 2.60. The Bertz CT molecular complexity index is 400. The third kappa shape index (κ3) is 1.52. The van der Waals surface area contributed by atoms with Crippen LogP contribution in [0.2, 0.25) is 0 Å². The van der Waals surface area contributed by atoms with Crippen LogP contribution in [-0.2, 0) is 0 Å². The van der Waals surface area contributed by atoms with E-state index in [2.05, 4.69) is 42.3 Å². The Morgan fingerprint density at radius 2 is 2.31 bits per heavy atom. The first-order chi connectivity index (χ1) is 7.78. The molecule has 1 N–H and O–H groups in total. The third-order valence-electron chi connectivity index (χ3n) is 4.09. The van der Waals surface area contributed by atoms with Gasteiger partial charge in [0, 0.05) is 30.7 Å². The third-order valence-corrected chi connectivity index (χ3v) is 4.09. The molecule has 0 radical (unpaired) electrons. The molecule has 0 saturated carbocycles. The van der Waals surface area contributed by atoms with Gasteiger partial charge in [-0.3, -0.25) is 0 Å². The first-order valence-corrected chi connectivity index (χ1v) is 6.37. The van der Waals surface area contributed by atoms with Crippen LogP contribution in [0.15, 0.2) is 18.2 Å².